The molecule has 0 aliphatic heterocycles. The molecule has 74 valence electrons. The summed E-state index contributed by atoms with van der Waals surface area (Å²) in [4.78, 5) is 4.06. The van der Waals surface area contributed by atoms with Gasteiger partial charge in [-0.25, -0.2) is 0 Å². The Balaban J connectivity index is 2.61. The summed E-state index contributed by atoms with van der Waals surface area (Å²) in [6.07, 6.45) is 0. The standard InChI is InChI=1S/C8H15N3O2/c1-5(4-12-3)7(9)8-10-6(2)13-11-8/h5,7H,4,9H2,1-3H3. The molecule has 5 nitrogen and oxygen atoms in total. The highest BCUT2D eigenvalue weighted by Gasteiger charge is 2.19. The highest BCUT2D eigenvalue weighted by molar-refractivity contribution is 4.93. The van der Waals surface area contributed by atoms with Crippen LogP contribution in [0.5, 0.6) is 0 Å². The number of rotatable bonds is 4. The second kappa shape index (κ2) is 4.34. The molecule has 0 bridgehead atoms. The number of ether oxygens (including phenoxy) is 1. The van der Waals surface area contributed by atoms with E-state index >= 15 is 0 Å². The van der Waals surface area contributed by atoms with Gasteiger partial charge in [-0.1, -0.05) is 12.1 Å². The molecule has 2 N–H and O–H groups in total. The zero-order chi connectivity index (χ0) is 9.84. The van der Waals surface area contributed by atoms with Gasteiger partial charge in [-0.2, -0.15) is 4.98 Å². The molecule has 0 saturated heterocycles. The molecule has 1 rings (SSSR count). The van der Waals surface area contributed by atoms with E-state index in [0.717, 1.165) is 0 Å². The Morgan fingerprint density at radius 1 is 1.62 bits per heavy atom. The van der Waals surface area contributed by atoms with Crippen molar-refractivity contribution in [1.82, 2.24) is 10.1 Å². The third-order valence-corrected chi connectivity index (χ3v) is 1.88. The molecule has 0 aliphatic rings. The zero-order valence-electron chi connectivity index (χ0n) is 8.15. The maximum Gasteiger partial charge on any atom is 0.223 e. The lowest BCUT2D eigenvalue weighted by molar-refractivity contribution is 0.145. The van der Waals surface area contributed by atoms with Crippen molar-refractivity contribution in [3.63, 3.8) is 0 Å². The topological polar surface area (TPSA) is 74.2 Å². The summed E-state index contributed by atoms with van der Waals surface area (Å²) in [5.74, 6) is 1.26. The first-order chi connectivity index (χ1) is 6.15. The van der Waals surface area contributed by atoms with E-state index in [1.54, 1.807) is 14.0 Å². The maximum absolute atomic E-state index is 5.87. The minimum atomic E-state index is -0.225. The highest BCUT2D eigenvalue weighted by Crippen LogP contribution is 2.16. The van der Waals surface area contributed by atoms with Crippen LogP contribution in [0, 0.1) is 12.8 Å². The first kappa shape index (κ1) is 10.1. The van der Waals surface area contributed by atoms with Crippen molar-refractivity contribution in [2.75, 3.05) is 13.7 Å². The molecular weight excluding hydrogens is 170 g/mol. The monoisotopic (exact) mass is 185 g/mol. The van der Waals surface area contributed by atoms with Crippen LogP contribution in [0.15, 0.2) is 4.52 Å². The molecule has 1 heterocycles. The summed E-state index contributed by atoms with van der Waals surface area (Å²) in [6, 6.07) is -0.225. The number of nitrogens with two attached hydrogens (primary N) is 1. The van der Waals surface area contributed by atoms with Crippen molar-refractivity contribution in [3.05, 3.63) is 11.7 Å². The number of hydrogen-bond acceptors (Lipinski definition) is 5. The zero-order valence-corrected chi connectivity index (χ0v) is 8.15. The fourth-order valence-corrected chi connectivity index (χ4v) is 1.07. The number of methoxy groups -OCH3 is 1. The SMILES string of the molecule is COCC(C)C(N)c1noc(C)n1. The Kier molecular flexibility index (Phi) is 3.39. The Hall–Kier alpha value is -0.940. The Labute approximate surface area is 77.3 Å². The van der Waals surface area contributed by atoms with Gasteiger partial charge < -0.3 is 15.0 Å². The van der Waals surface area contributed by atoms with Gasteiger partial charge in [0, 0.05) is 20.0 Å². The van der Waals surface area contributed by atoms with Gasteiger partial charge in [0.2, 0.25) is 5.89 Å². The van der Waals surface area contributed by atoms with E-state index in [0.29, 0.717) is 18.3 Å². The summed E-state index contributed by atoms with van der Waals surface area (Å²) < 4.78 is 9.82. The first-order valence-electron chi connectivity index (χ1n) is 4.20. The average molecular weight is 185 g/mol. The van der Waals surface area contributed by atoms with E-state index in [-0.39, 0.29) is 12.0 Å². The van der Waals surface area contributed by atoms with Crippen LogP contribution in [-0.2, 0) is 4.74 Å². The second-order valence-electron chi connectivity index (χ2n) is 3.13. The van der Waals surface area contributed by atoms with Crippen molar-refractivity contribution in [3.8, 4) is 0 Å². The largest absolute Gasteiger partial charge is 0.384 e. The van der Waals surface area contributed by atoms with Gasteiger partial charge in [0.15, 0.2) is 5.82 Å². The first-order valence-corrected chi connectivity index (χ1v) is 4.20. The molecule has 1 aromatic heterocycles. The van der Waals surface area contributed by atoms with Crippen molar-refractivity contribution < 1.29 is 9.26 Å². The third-order valence-electron chi connectivity index (χ3n) is 1.88. The molecule has 5 heteroatoms. The van der Waals surface area contributed by atoms with Gasteiger partial charge in [-0.05, 0) is 0 Å². The Morgan fingerprint density at radius 2 is 2.31 bits per heavy atom. The lowest BCUT2D eigenvalue weighted by Gasteiger charge is -2.14. The van der Waals surface area contributed by atoms with Crippen molar-refractivity contribution in [2.24, 2.45) is 11.7 Å². The quantitative estimate of drug-likeness (QED) is 0.745. The number of hydrogen-bond donors (Lipinski definition) is 1. The van der Waals surface area contributed by atoms with Gasteiger partial charge in [-0.3, -0.25) is 0 Å². The van der Waals surface area contributed by atoms with Crippen LogP contribution in [0.3, 0.4) is 0 Å². The lowest BCUT2D eigenvalue weighted by atomic mass is 10.0. The van der Waals surface area contributed by atoms with Crippen LogP contribution in [-0.4, -0.2) is 23.9 Å². The second-order valence-corrected chi connectivity index (χ2v) is 3.13. The Morgan fingerprint density at radius 3 is 2.77 bits per heavy atom. The predicted octanol–water partition coefficient (Wildman–Crippen LogP) is 0.660. The van der Waals surface area contributed by atoms with Gasteiger partial charge in [0.1, 0.15) is 0 Å². The molecule has 1 aromatic rings. The molecule has 2 atom stereocenters. The number of aryl methyl sites for hydroxylation is 1. The van der Waals surface area contributed by atoms with Gasteiger partial charge in [0.05, 0.1) is 12.6 Å². The molecule has 2 unspecified atom stereocenters. The van der Waals surface area contributed by atoms with Crippen LogP contribution in [0.1, 0.15) is 24.7 Å². The van der Waals surface area contributed by atoms with Crippen LogP contribution in [0.2, 0.25) is 0 Å². The molecule has 0 aliphatic carbocycles. The molecule has 0 amide bonds. The smallest absolute Gasteiger partial charge is 0.223 e. The fraction of sp³-hybridized carbons (Fsp3) is 0.750. The summed E-state index contributed by atoms with van der Waals surface area (Å²) >= 11 is 0. The van der Waals surface area contributed by atoms with E-state index in [1.807, 2.05) is 6.92 Å². The van der Waals surface area contributed by atoms with Crippen molar-refractivity contribution in [2.45, 2.75) is 19.9 Å². The van der Waals surface area contributed by atoms with Crippen LogP contribution < -0.4 is 5.73 Å². The molecule has 0 radical (unpaired) electrons. The van der Waals surface area contributed by atoms with Gasteiger partial charge >= 0.3 is 0 Å². The number of aromatic nitrogens is 2. The Bertz CT molecular complexity index is 262. The minimum absolute atomic E-state index is 0.182. The van der Waals surface area contributed by atoms with E-state index in [4.69, 9.17) is 15.0 Å². The molecular formula is C8H15N3O2. The summed E-state index contributed by atoms with van der Waals surface area (Å²) in [5.41, 5.74) is 5.87. The number of nitrogens with zero attached hydrogens (tertiary/aromatic N) is 2. The van der Waals surface area contributed by atoms with Crippen LogP contribution in [0.4, 0.5) is 0 Å². The van der Waals surface area contributed by atoms with E-state index < -0.39 is 0 Å². The van der Waals surface area contributed by atoms with Gasteiger partial charge in [-0.15, -0.1) is 0 Å². The molecule has 0 saturated carbocycles. The summed E-state index contributed by atoms with van der Waals surface area (Å²) in [6.45, 7) is 4.32. The molecule has 0 fully saturated rings. The predicted molar refractivity (Wildman–Crippen MR) is 47.0 cm³/mol. The highest BCUT2D eigenvalue weighted by atomic mass is 16.5. The fourth-order valence-electron chi connectivity index (χ4n) is 1.07. The average Bonchev–Trinajstić information content (AvgIpc) is 2.51. The third kappa shape index (κ3) is 2.50. The van der Waals surface area contributed by atoms with E-state index in [2.05, 4.69) is 10.1 Å². The summed E-state index contributed by atoms with van der Waals surface area (Å²) in [5, 5.41) is 3.75. The van der Waals surface area contributed by atoms with Crippen LogP contribution in [0.25, 0.3) is 0 Å². The van der Waals surface area contributed by atoms with Gasteiger partial charge in [0.25, 0.3) is 0 Å². The molecule has 0 aromatic carbocycles. The van der Waals surface area contributed by atoms with E-state index in [1.165, 1.54) is 0 Å². The maximum atomic E-state index is 5.87. The molecule has 13 heavy (non-hydrogen) atoms. The molecule has 0 spiro atoms. The van der Waals surface area contributed by atoms with E-state index in [9.17, 15) is 0 Å². The van der Waals surface area contributed by atoms with Crippen molar-refractivity contribution >= 4 is 0 Å². The van der Waals surface area contributed by atoms with Crippen LogP contribution >= 0.6 is 0 Å². The van der Waals surface area contributed by atoms with Crippen molar-refractivity contribution in [1.29, 1.82) is 0 Å². The normalized spacial score (nSPS) is 15.7. The minimum Gasteiger partial charge on any atom is -0.384 e. The lowest BCUT2D eigenvalue weighted by Crippen LogP contribution is -2.23. The summed E-state index contributed by atoms with van der Waals surface area (Å²) in [7, 11) is 1.64.